The van der Waals surface area contributed by atoms with Gasteiger partial charge in [0.2, 0.25) is 0 Å². The minimum absolute atomic E-state index is 0.577. The van der Waals surface area contributed by atoms with Crippen molar-refractivity contribution in [3.63, 3.8) is 0 Å². The van der Waals surface area contributed by atoms with E-state index in [1.54, 1.807) is 10.4 Å². The van der Waals surface area contributed by atoms with E-state index >= 15 is 0 Å². The molecule has 1 heterocycles. The Balaban J connectivity index is 1.65. The van der Waals surface area contributed by atoms with Crippen molar-refractivity contribution in [2.24, 2.45) is 5.41 Å². The van der Waals surface area contributed by atoms with Crippen LogP contribution in [-0.2, 0) is 6.42 Å². The van der Waals surface area contributed by atoms with E-state index in [1.807, 2.05) is 11.3 Å². The fourth-order valence-corrected chi connectivity index (χ4v) is 5.66. The summed E-state index contributed by atoms with van der Waals surface area (Å²) >= 11 is 4.48. The molecule has 3 heteroatoms. The zero-order chi connectivity index (χ0) is 13.5. The van der Waals surface area contributed by atoms with Gasteiger partial charge in [-0.15, -0.1) is 11.3 Å². The molecule has 0 spiro atoms. The Bertz CT molecular complexity index is 442. The van der Waals surface area contributed by atoms with Gasteiger partial charge in [-0.2, -0.15) is 0 Å². The highest BCUT2D eigenvalue weighted by molar-refractivity contribution is 14.1. The van der Waals surface area contributed by atoms with Gasteiger partial charge in [0.1, 0.15) is 0 Å². The Labute approximate surface area is 134 Å². The van der Waals surface area contributed by atoms with Crippen LogP contribution >= 0.6 is 33.9 Å². The first kappa shape index (κ1) is 14.3. The molecular weight excluding hydrogens is 365 g/mol. The number of fused-ring (bicyclic) bond motifs is 1. The largest absolute Gasteiger partial charge is 0.307 e. The molecule has 1 saturated carbocycles. The zero-order valence-electron chi connectivity index (χ0n) is 12.0. The summed E-state index contributed by atoms with van der Waals surface area (Å²) in [6.07, 6.45) is 9.48. The Morgan fingerprint density at radius 3 is 2.74 bits per heavy atom. The second kappa shape index (κ2) is 5.64. The van der Waals surface area contributed by atoms with Gasteiger partial charge in [0, 0.05) is 17.0 Å². The SMILES string of the molecule is CC1(C)CCC(NC2CCCc3sc(I)cc32)CC1. The quantitative estimate of drug-likeness (QED) is 0.678. The van der Waals surface area contributed by atoms with E-state index in [-0.39, 0.29) is 0 Å². The molecule has 0 aromatic carbocycles. The second-order valence-electron chi connectivity index (χ2n) is 6.98. The zero-order valence-corrected chi connectivity index (χ0v) is 14.9. The van der Waals surface area contributed by atoms with Gasteiger partial charge in [-0.1, -0.05) is 13.8 Å². The van der Waals surface area contributed by atoms with E-state index in [2.05, 4.69) is 47.8 Å². The summed E-state index contributed by atoms with van der Waals surface area (Å²) in [6, 6.07) is 3.81. The molecule has 3 rings (SSSR count). The first-order chi connectivity index (χ1) is 9.03. The van der Waals surface area contributed by atoms with E-state index in [1.165, 1.54) is 47.8 Å². The van der Waals surface area contributed by atoms with Crippen molar-refractivity contribution in [1.29, 1.82) is 0 Å². The number of nitrogens with one attached hydrogen (secondary N) is 1. The number of rotatable bonds is 2. The summed E-state index contributed by atoms with van der Waals surface area (Å²) in [5.74, 6) is 0. The maximum absolute atomic E-state index is 3.97. The van der Waals surface area contributed by atoms with Gasteiger partial charge in [-0.3, -0.25) is 0 Å². The standard InChI is InChI=1S/C16H24INS/c1-16(2)8-6-11(7-9-16)18-13-4-3-5-14-12(13)10-15(17)19-14/h10-11,13,18H,3-9H2,1-2H3. The van der Waals surface area contributed by atoms with Crippen molar-refractivity contribution in [3.8, 4) is 0 Å². The van der Waals surface area contributed by atoms with E-state index < -0.39 is 0 Å². The molecule has 19 heavy (non-hydrogen) atoms. The van der Waals surface area contributed by atoms with Gasteiger partial charge in [0.15, 0.2) is 0 Å². The average molecular weight is 389 g/mol. The molecule has 2 aliphatic rings. The first-order valence-electron chi connectivity index (χ1n) is 7.58. The lowest BCUT2D eigenvalue weighted by atomic mass is 9.75. The molecule has 0 saturated heterocycles. The Hall–Kier alpha value is 0.390. The van der Waals surface area contributed by atoms with Crippen LogP contribution in [0.4, 0.5) is 0 Å². The predicted molar refractivity (Wildman–Crippen MR) is 91.9 cm³/mol. The number of halogens is 1. The van der Waals surface area contributed by atoms with E-state index in [0.717, 1.165) is 6.04 Å². The van der Waals surface area contributed by atoms with Crippen LogP contribution in [0.25, 0.3) is 0 Å². The van der Waals surface area contributed by atoms with Gasteiger partial charge in [-0.05, 0) is 84.6 Å². The summed E-state index contributed by atoms with van der Waals surface area (Å²) in [5, 5.41) is 3.97. The van der Waals surface area contributed by atoms with Crippen LogP contribution in [-0.4, -0.2) is 6.04 Å². The minimum Gasteiger partial charge on any atom is -0.307 e. The van der Waals surface area contributed by atoms with Crippen LogP contribution in [0.5, 0.6) is 0 Å². The number of hydrogen-bond donors (Lipinski definition) is 1. The highest BCUT2D eigenvalue weighted by Gasteiger charge is 2.30. The van der Waals surface area contributed by atoms with Crippen LogP contribution in [0.1, 0.15) is 68.9 Å². The van der Waals surface area contributed by atoms with Gasteiger partial charge in [-0.25, -0.2) is 0 Å². The molecule has 1 fully saturated rings. The normalized spacial score (nSPS) is 27.2. The third-order valence-electron chi connectivity index (χ3n) is 4.86. The maximum Gasteiger partial charge on any atom is 0.0659 e. The molecule has 0 amide bonds. The highest BCUT2D eigenvalue weighted by atomic mass is 127. The second-order valence-corrected chi connectivity index (χ2v) is 10.0. The van der Waals surface area contributed by atoms with Gasteiger partial charge >= 0.3 is 0 Å². The lowest BCUT2D eigenvalue weighted by molar-refractivity contribution is 0.195. The van der Waals surface area contributed by atoms with Crippen molar-refractivity contribution < 1.29 is 0 Å². The number of aryl methyl sites for hydroxylation is 1. The first-order valence-corrected chi connectivity index (χ1v) is 9.47. The Kier molecular flexibility index (Phi) is 4.26. The third-order valence-corrected chi connectivity index (χ3v) is 6.83. The van der Waals surface area contributed by atoms with Crippen molar-refractivity contribution in [2.75, 3.05) is 0 Å². The van der Waals surface area contributed by atoms with E-state index in [9.17, 15) is 0 Å². The van der Waals surface area contributed by atoms with Crippen LogP contribution in [0.2, 0.25) is 0 Å². The molecular formula is C16H24INS. The van der Waals surface area contributed by atoms with Crippen molar-refractivity contribution in [1.82, 2.24) is 5.32 Å². The topological polar surface area (TPSA) is 12.0 Å². The Morgan fingerprint density at radius 1 is 1.26 bits per heavy atom. The molecule has 0 bridgehead atoms. The molecule has 1 aromatic rings. The molecule has 0 radical (unpaired) electrons. The molecule has 1 aromatic heterocycles. The molecule has 1 atom stereocenters. The fourth-order valence-electron chi connectivity index (χ4n) is 3.54. The molecule has 106 valence electrons. The van der Waals surface area contributed by atoms with Crippen molar-refractivity contribution in [2.45, 2.75) is 70.9 Å². The fraction of sp³-hybridized carbons (Fsp3) is 0.750. The van der Waals surface area contributed by atoms with Gasteiger partial charge in [0.05, 0.1) is 2.88 Å². The van der Waals surface area contributed by atoms with Crippen LogP contribution in [0.3, 0.4) is 0 Å². The lowest BCUT2D eigenvalue weighted by Gasteiger charge is -2.37. The highest BCUT2D eigenvalue weighted by Crippen LogP contribution is 2.39. The summed E-state index contributed by atoms with van der Waals surface area (Å²) in [4.78, 5) is 1.64. The maximum atomic E-state index is 3.97. The smallest absolute Gasteiger partial charge is 0.0659 e. The monoisotopic (exact) mass is 389 g/mol. The molecule has 1 nitrogen and oxygen atoms in total. The third kappa shape index (κ3) is 3.35. The number of thiophene rings is 1. The summed E-state index contributed by atoms with van der Waals surface area (Å²) < 4.78 is 1.46. The van der Waals surface area contributed by atoms with Crippen molar-refractivity contribution in [3.05, 3.63) is 19.4 Å². The van der Waals surface area contributed by atoms with Crippen LogP contribution in [0.15, 0.2) is 6.07 Å². The summed E-state index contributed by atoms with van der Waals surface area (Å²) in [5.41, 5.74) is 2.19. The van der Waals surface area contributed by atoms with Gasteiger partial charge in [0.25, 0.3) is 0 Å². The van der Waals surface area contributed by atoms with Gasteiger partial charge < -0.3 is 5.32 Å². The Morgan fingerprint density at radius 2 is 2.00 bits per heavy atom. The predicted octanol–water partition coefficient (Wildman–Crippen LogP) is 5.29. The molecule has 2 aliphatic carbocycles. The van der Waals surface area contributed by atoms with Crippen LogP contribution in [0, 0.1) is 8.30 Å². The van der Waals surface area contributed by atoms with E-state index in [4.69, 9.17) is 0 Å². The van der Waals surface area contributed by atoms with Crippen molar-refractivity contribution >= 4 is 33.9 Å². The summed E-state index contributed by atoms with van der Waals surface area (Å²) in [6.45, 7) is 4.84. The molecule has 1 unspecified atom stereocenters. The summed E-state index contributed by atoms with van der Waals surface area (Å²) in [7, 11) is 0. The molecule has 0 aliphatic heterocycles. The lowest BCUT2D eigenvalue weighted by Crippen LogP contribution is -2.38. The molecule has 1 N–H and O–H groups in total. The average Bonchev–Trinajstić information content (AvgIpc) is 2.73. The number of hydrogen-bond acceptors (Lipinski definition) is 2. The minimum atomic E-state index is 0.577. The van der Waals surface area contributed by atoms with E-state index in [0.29, 0.717) is 11.5 Å². The van der Waals surface area contributed by atoms with Crippen LogP contribution < -0.4 is 5.32 Å².